The maximum Gasteiger partial charge on any atom is 0.335 e. The van der Waals surface area contributed by atoms with Gasteiger partial charge in [0, 0.05) is 0 Å². The molecule has 4 rings (SSSR count). The van der Waals surface area contributed by atoms with Crippen LogP contribution in [0.5, 0.6) is 0 Å². The lowest BCUT2D eigenvalue weighted by Gasteiger charge is -2.37. The van der Waals surface area contributed by atoms with E-state index in [1.807, 2.05) is 60.7 Å². The number of hydrogen-bond donors (Lipinski definition) is 7. The van der Waals surface area contributed by atoms with Crippen LogP contribution in [-0.4, -0.2) is 76.7 Å². The Morgan fingerprint density at radius 3 is 1.50 bits per heavy atom. The molecule has 36 heavy (non-hydrogen) atoms. The average Bonchev–Trinajstić information content (AvgIpc) is 3.63. The minimum Gasteiger partial charge on any atom is -0.479 e. The van der Waals surface area contributed by atoms with Gasteiger partial charge in [0.05, 0.1) is 0 Å². The van der Waals surface area contributed by atoms with E-state index in [-0.39, 0.29) is 11.8 Å². The SMILES string of the molecule is C1CCNC1.NC(=O)C(c1ccccc1)(c1ccccc1)[C@@H]1CCNC1.O=C(O)C(O)C(O)C(=O)O. The van der Waals surface area contributed by atoms with Crippen LogP contribution in [0.3, 0.4) is 0 Å². The van der Waals surface area contributed by atoms with E-state index < -0.39 is 29.6 Å². The summed E-state index contributed by atoms with van der Waals surface area (Å²) in [4.78, 5) is 32.1. The van der Waals surface area contributed by atoms with Crippen LogP contribution in [-0.2, 0) is 19.8 Å². The van der Waals surface area contributed by atoms with Gasteiger partial charge in [-0.2, -0.15) is 0 Å². The average molecular weight is 502 g/mol. The Bertz CT molecular complexity index is 897. The quantitative estimate of drug-likeness (QED) is 0.281. The molecule has 2 unspecified atom stereocenters. The zero-order chi connectivity index (χ0) is 26.6. The number of aliphatic carboxylic acids is 2. The molecule has 0 radical (unpaired) electrons. The van der Waals surface area contributed by atoms with Crippen LogP contribution in [0.1, 0.15) is 30.4 Å². The Labute approximate surface area is 210 Å². The zero-order valence-electron chi connectivity index (χ0n) is 20.0. The fourth-order valence-electron chi connectivity index (χ4n) is 4.45. The van der Waals surface area contributed by atoms with E-state index in [0.29, 0.717) is 0 Å². The first-order valence-electron chi connectivity index (χ1n) is 11.9. The molecule has 1 amide bonds. The second kappa shape index (κ2) is 14.3. The molecular weight excluding hydrogens is 466 g/mol. The standard InChI is InChI=1S/C18H20N2O.C4H9N.C4H6O6/c19-17(21)18(16-11-12-20-13-16,14-7-3-1-4-8-14)15-9-5-2-6-10-15;1-2-4-5-3-1;5-1(3(7)8)2(6)4(9)10/h1-10,16,20H,11-13H2,(H2,19,21);5H,1-4H2;1-2,5-6H,(H,7,8)(H,9,10)/t16-;;/m1../s1. The third-order valence-electron chi connectivity index (χ3n) is 6.28. The second-order valence-corrected chi connectivity index (χ2v) is 8.62. The zero-order valence-corrected chi connectivity index (χ0v) is 20.0. The molecule has 2 aliphatic rings. The molecule has 0 aromatic heterocycles. The van der Waals surface area contributed by atoms with Gasteiger partial charge < -0.3 is 36.8 Å². The summed E-state index contributed by atoms with van der Waals surface area (Å²) in [6, 6.07) is 19.9. The van der Waals surface area contributed by atoms with Crippen molar-refractivity contribution in [2.24, 2.45) is 11.7 Å². The summed E-state index contributed by atoms with van der Waals surface area (Å²) >= 11 is 0. The highest BCUT2D eigenvalue weighted by atomic mass is 16.4. The minimum atomic E-state index is -2.27. The second-order valence-electron chi connectivity index (χ2n) is 8.62. The number of primary amides is 1. The van der Waals surface area contributed by atoms with Crippen molar-refractivity contribution in [2.75, 3.05) is 26.2 Å². The number of amides is 1. The lowest BCUT2D eigenvalue weighted by molar-refractivity contribution is -0.165. The van der Waals surface area contributed by atoms with Gasteiger partial charge in [0.1, 0.15) is 5.41 Å². The highest BCUT2D eigenvalue weighted by Gasteiger charge is 2.48. The molecule has 2 aromatic rings. The molecule has 2 aromatic carbocycles. The van der Waals surface area contributed by atoms with Gasteiger partial charge >= 0.3 is 11.9 Å². The first-order chi connectivity index (χ1) is 17.2. The molecule has 2 saturated heterocycles. The number of nitrogens with one attached hydrogen (secondary N) is 2. The Morgan fingerprint density at radius 2 is 1.22 bits per heavy atom. The molecule has 10 heteroatoms. The van der Waals surface area contributed by atoms with Crippen molar-refractivity contribution < 1.29 is 34.8 Å². The molecule has 196 valence electrons. The summed E-state index contributed by atoms with van der Waals surface area (Å²) in [5, 5.41) is 39.1. The van der Waals surface area contributed by atoms with Crippen molar-refractivity contribution in [1.29, 1.82) is 0 Å². The molecule has 0 spiro atoms. The molecule has 8 N–H and O–H groups in total. The van der Waals surface area contributed by atoms with Crippen LogP contribution in [0.25, 0.3) is 0 Å². The smallest absolute Gasteiger partial charge is 0.335 e. The summed E-state index contributed by atoms with van der Waals surface area (Å²) in [7, 11) is 0. The maximum atomic E-state index is 12.6. The van der Waals surface area contributed by atoms with Crippen LogP contribution < -0.4 is 16.4 Å². The number of carboxylic acid groups (broad SMARTS) is 2. The summed E-state index contributed by atoms with van der Waals surface area (Å²) in [6.45, 7) is 4.24. The van der Waals surface area contributed by atoms with Crippen LogP contribution in [0.15, 0.2) is 60.7 Å². The van der Waals surface area contributed by atoms with Crippen molar-refractivity contribution in [1.82, 2.24) is 10.6 Å². The Kier molecular flexibility index (Phi) is 11.5. The Balaban J connectivity index is 0.000000252. The van der Waals surface area contributed by atoms with Gasteiger partial charge in [-0.3, -0.25) is 4.79 Å². The number of benzene rings is 2. The number of aliphatic hydroxyl groups is 2. The summed E-state index contributed by atoms with van der Waals surface area (Å²) in [5.74, 6) is -3.63. The van der Waals surface area contributed by atoms with Crippen LogP contribution in [0, 0.1) is 5.92 Å². The van der Waals surface area contributed by atoms with Gasteiger partial charge in [-0.05, 0) is 62.5 Å². The van der Waals surface area contributed by atoms with Gasteiger partial charge in [0.2, 0.25) is 5.91 Å². The number of carbonyl (C=O) groups excluding carboxylic acids is 1. The fourth-order valence-corrected chi connectivity index (χ4v) is 4.45. The minimum absolute atomic E-state index is 0.180. The molecule has 2 heterocycles. The normalized spacial score (nSPS) is 18.6. The molecule has 10 nitrogen and oxygen atoms in total. The lowest BCUT2D eigenvalue weighted by atomic mass is 9.65. The molecule has 0 bridgehead atoms. The Hall–Kier alpha value is -3.31. The first kappa shape index (κ1) is 28.9. The van der Waals surface area contributed by atoms with Gasteiger partial charge in [0.15, 0.2) is 12.2 Å². The van der Waals surface area contributed by atoms with Gasteiger partial charge in [0.25, 0.3) is 0 Å². The first-order valence-corrected chi connectivity index (χ1v) is 11.9. The van der Waals surface area contributed by atoms with Gasteiger partial charge in [-0.15, -0.1) is 0 Å². The van der Waals surface area contributed by atoms with Gasteiger partial charge in [-0.1, -0.05) is 60.7 Å². The summed E-state index contributed by atoms with van der Waals surface area (Å²) in [6.07, 6.45) is -0.804. The molecule has 0 saturated carbocycles. The highest BCUT2D eigenvalue weighted by molar-refractivity contribution is 5.91. The molecule has 0 aliphatic carbocycles. The highest BCUT2D eigenvalue weighted by Crippen LogP contribution is 2.41. The molecule has 3 atom stereocenters. The number of carboxylic acids is 2. The summed E-state index contributed by atoms with van der Waals surface area (Å²) in [5.41, 5.74) is 7.16. The maximum absolute atomic E-state index is 12.6. The van der Waals surface area contributed by atoms with Crippen LogP contribution in [0.2, 0.25) is 0 Å². The van der Waals surface area contributed by atoms with Crippen LogP contribution in [0.4, 0.5) is 0 Å². The van der Waals surface area contributed by atoms with E-state index in [9.17, 15) is 14.4 Å². The van der Waals surface area contributed by atoms with E-state index in [0.717, 1.165) is 30.6 Å². The van der Waals surface area contributed by atoms with E-state index in [1.54, 1.807) is 0 Å². The Morgan fingerprint density at radius 1 is 0.778 bits per heavy atom. The van der Waals surface area contributed by atoms with E-state index >= 15 is 0 Å². The monoisotopic (exact) mass is 501 g/mol. The van der Waals surface area contributed by atoms with E-state index in [2.05, 4.69) is 10.6 Å². The number of rotatable bonds is 7. The molecular formula is C26H35N3O7. The van der Waals surface area contributed by atoms with Crippen LogP contribution >= 0.6 is 0 Å². The van der Waals surface area contributed by atoms with Crippen molar-refractivity contribution in [3.05, 3.63) is 71.8 Å². The molecule has 2 fully saturated rings. The fraction of sp³-hybridized carbons (Fsp3) is 0.423. The largest absolute Gasteiger partial charge is 0.479 e. The third-order valence-corrected chi connectivity index (χ3v) is 6.28. The van der Waals surface area contributed by atoms with Crippen molar-refractivity contribution in [3.8, 4) is 0 Å². The number of carbonyl (C=O) groups is 3. The third kappa shape index (κ3) is 7.34. The predicted molar refractivity (Wildman–Crippen MR) is 133 cm³/mol. The van der Waals surface area contributed by atoms with Gasteiger partial charge in [-0.25, -0.2) is 9.59 Å². The lowest BCUT2D eigenvalue weighted by Crippen LogP contribution is -2.49. The van der Waals surface area contributed by atoms with Crippen molar-refractivity contribution in [2.45, 2.75) is 36.9 Å². The number of hydrogen-bond acceptors (Lipinski definition) is 7. The topological polar surface area (TPSA) is 182 Å². The summed E-state index contributed by atoms with van der Waals surface area (Å²) < 4.78 is 0. The van der Waals surface area contributed by atoms with Crippen molar-refractivity contribution in [3.63, 3.8) is 0 Å². The predicted octanol–water partition coefficient (Wildman–Crippen LogP) is 0.315. The van der Waals surface area contributed by atoms with E-state index in [1.165, 1.54) is 25.9 Å². The van der Waals surface area contributed by atoms with Crippen molar-refractivity contribution >= 4 is 17.8 Å². The molecule has 2 aliphatic heterocycles. The number of nitrogens with two attached hydrogens (primary N) is 1. The number of aliphatic hydroxyl groups excluding tert-OH is 2. The van der Waals surface area contributed by atoms with E-state index in [4.69, 9.17) is 26.2 Å².